The molecule has 0 aliphatic rings. The third-order valence-corrected chi connectivity index (χ3v) is 3.48. The molecule has 0 saturated carbocycles. The van der Waals surface area contributed by atoms with Crippen LogP contribution in [0.5, 0.6) is 0 Å². The monoisotopic (exact) mass is 306 g/mol. The highest BCUT2D eigenvalue weighted by molar-refractivity contribution is 5.66. The van der Waals surface area contributed by atoms with Crippen LogP contribution in [0.2, 0.25) is 0 Å². The Morgan fingerprint density at radius 2 is 1.14 bits per heavy atom. The Kier molecular flexibility index (Phi) is 16.7. The molecule has 0 aliphatic carbocycles. The highest BCUT2D eigenvalue weighted by Crippen LogP contribution is 2.04. The van der Waals surface area contributed by atoms with E-state index >= 15 is 0 Å². The predicted molar refractivity (Wildman–Crippen MR) is 96.1 cm³/mol. The summed E-state index contributed by atoms with van der Waals surface area (Å²) in [5, 5.41) is 8.50. The SMILES string of the molecule is CCCCC/C=C\CCC/C=C/CC/C=C\CCCC(=O)O. The van der Waals surface area contributed by atoms with Gasteiger partial charge in [0.15, 0.2) is 0 Å². The Morgan fingerprint density at radius 1 is 0.682 bits per heavy atom. The lowest BCUT2D eigenvalue weighted by Gasteiger charge is -1.93. The normalized spacial score (nSPS) is 12.0. The number of carboxylic acids is 1. The quantitative estimate of drug-likeness (QED) is 0.279. The van der Waals surface area contributed by atoms with Gasteiger partial charge in [-0.05, 0) is 57.8 Å². The van der Waals surface area contributed by atoms with Crippen LogP contribution in [0.25, 0.3) is 0 Å². The summed E-state index contributed by atoms with van der Waals surface area (Å²) in [6, 6.07) is 0. The number of carbonyl (C=O) groups is 1. The average Bonchev–Trinajstić information content (AvgIpc) is 2.50. The van der Waals surface area contributed by atoms with E-state index < -0.39 is 5.97 Å². The lowest BCUT2D eigenvalue weighted by Crippen LogP contribution is -1.92. The molecule has 0 fully saturated rings. The van der Waals surface area contributed by atoms with Crippen molar-refractivity contribution in [1.29, 1.82) is 0 Å². The molecular weight excluding hydrogens is 272 g/mol. The first-order valence-corrected chi connectivity index (χ1v) is 8.94. The minimum absolute atomic E-state index is 0.275. The summed E-state index contributed by atoms with van der Waals surface area (Å²) in [5.41, 5.74) is 0. The van der Waals surface area contributed by atoms with Gasteiger partial charge in [0.05, 0.1) is 0 Å². The van der Waals surface area contributed by atoms with Crippen LogP contribution in [-0.4, -0.2) is 11.1 Å². The highest BCUT2D eigenvalue weighted by Gasteiger charge is 1.92. The molecule has 0 aliphatic heterocycles. The first kappa shape index (κ1) is 20.7. The van der Waals surface area contributed by atoms with Crippen molar-refractivity contribution < 1.29 is 9.90 Å². The summed E-state index contributed by atoms with van der Waals surface area (Å²) < 4.78 is 0. The number of carboxylic acid groups (broad SMARTS) is 1. The van der Waals surface area contributed by atoms with Crippen molar-refractivity contribution in [3.05, 3.63) is 36.5 Å². The summed E-state index contributed by atoms with van der Waals surface area (Å²) in [6.45, 7) is 2.24. The van der Waals surface area contributed by atoms with E-state index in [4.69, 9.17) is 5.11 Å². The molecule has 22 heavy (non-hydrogen) atoms. The maximum atomic E-state index is 10.3. The fraction of sp³-hybridized carbons (Fsp3) is 0.650. The zero-order chi connectivity index (χ0) is 16.3. The van der Waals surface area contributed by atoms with E-state index in [2.05, 4.69) is 43.4 Å². The van der Waals surface area contributed by atoms with Gasteiger partial charge in [0.1, 0.15) is 0 Å². The predicted octanol–water partition coefficient (Wildman–Crippen LogP) is 6.44. The Labute approximate surface area is 137 Å². The van der Waals surface area contributed by atoms with Crippen LogP contribution < -0.4 is 0 Å². The lowest BCUT2D eigenvalue weighted by atomic mass is 10.1. The van der Waals surface area contributed by atoms with Gasteiger partial charge in [0.25, 0.3) is 0 Å². The van der Waals surface area contributed by atoms with Gasteiger partial charge >= 0.3 is 5.97 Å². The van der Waals surface area contributed by atoms with Gasteiger partial charge in [-0.2, -0.15) is 0 Å². The van der Waals surface area contributed by atoms with Crippen molar-refractivity contribution in [2.45, 2.75) is 84.0 Å². The van der Waals surface area contributed by atoms with Gasteiger partial charge in [-0.1, -0.05) is 56.2 Å². The molecule has 0 aromatic heterocycles. The molecule has 0 saturated heterocycles. The number of allylic oxidation sites excluding steroid dienone is 6. The number of hydrogen-bond acceptors (Lipinski definition) is 1. The molecule has 2 heteroatoms. The Bertz CT molecular complexity index is 327. The van der Waals surface area contributed by atoms with E-state index in [0.29, 0.717) is 0 Å². The van der Waals surface area contributed by atoms with Crippen molar-refractivity contribution in [1.82, 2.24) is 0 Å². The van der Waals surface area contributed by atoms with Crippen molar-refractivity contribution in [2.75, 3.05) is 0 Å². The minimum atomic E-state index is -0.702. The molecule has 126 valence electrons. The van der Waals surface area contributed by atoms with Gasteiger partial charge in [-0.15, -0.1) is 0 Å². The van der Waals surface area contributed by atoms with Crippen molar-refractivity contribution in [3.63, 3.8) is 0 Å². The molecular formula is C20H34O2. The largest absolute Gasteiger partial charge is 0.481 e. The fourth-order valence-electron chi connectivity index (χ4n) is 2.14. The summed E-state index contributed by atoms with van der Waals surface area (Å²) in [7, 11) is 0. The van der Waals surface area contributed by atoms with Crippen LogP contribution in [0.4, 0.5) is 0 Å². The van der Waals surface area contributed by atoms with Crippen LogP contribution in [0.1, 0.15) is 84.0 Å². The maximum absolute atomic E-state index is 10.3. The van der Waals surface area contributed by atoms with Crippen LogP contribution in [0, 0.1) is 0 Å². The Morgan fingerprint density at radius 3 is 1.64 bits per heavy atom. The zero-order valence-corrected chi connectivity index (χ0v) is 14.3. The number of rotatable bonds is 15. The molecule has 0 aromatic rings. The summed E-state index contributed by atoms with van der Waals surface area (Å²) in [5.74, 6) is -0.702. The van der Waals surface area contributed by atoms with E-state index in [-0.39, 0.29) is 6.42 Å². The van der Waals surface area contributed by atoms with Crippen molar-refractivity contribution in [2.24, 2.45) is 0 Å². The summed E-state index contributed by atoms with van der Waals surface area (Å²) in [6.07, 6.45) is 26.3. The molecule has 0 unspecified atom stereocenters. The average molecular weight is 306 g/mol. The Hall–Kier alpha value is -1.31. The van der Waals surface area contributed by atoms with Gasteiger partial charge in [-0.25, -0.2) is 0 Å². The molecule has 2 nitrogen and oxygen atoms in total. The van der Waals surface area contributed by atoms with E-state index in [1.807, 2.05) is 0 Å². The third kappa shape index (κ3) is 18.7. The highest BCUT2D eigenvalue weighted by atomic mass is 16.4. The molecule has 0 heterocycles. The van der Waals surface area contributed by atoms with E-state index in [9.17, 15) is 4.79 Å². The molecule has 0 amide bonds. The van der Waals surface area contributed by atoms with E-state index in [0.717, 1.165) is 25.7 Å². The van der Waals surface area contributed by atoms with Gasteiger partial charge in [0, 0.05) is 6.42 Å². The zero-order valence-electron chi connectivity index (χ0n) is 14.3. The smallest absolute Gasteiger partial charge is 0.303 e. The topological polar surface area (TPSA) is 37.3 Å². The molecule has 0 atom stereocenters. The first-order valence-electron chi connectivity index (χ1n) is 8.94. The second-order valence-corrected chi connectivity index (χ2v) is 5.70. The van der Waals surface area contributed by atoms with Crippen LogP contribution in [0.15, 0.2) is 36.5 Å². The molecule has 0 aromatic carbocycles. The van der Waals surface area contributed by atoms with Crippen molar-refractivity contribution in [3.8, 4) is 0 Å². The molecule has 0 spiro atoms. The summed E-state index contributed by atoms with van der Waals surface area (Å²) in [4.78, 5) is 10.3. The van der Waals surface area contributed by atoms with Gasteiger partial charge in [0.2, 0.25) is 0 Å². The van der Waals surface area contributed by atoms with Gasteiger partial charge < -0.3 is 5.11 Å². The van der Waals surface area contributed by atoms with E-state index in [1.54, 1.807) is 0 Å². The van der Waals surface area contributed by atoms with Crippen LogP contribution in [0.3, 0.4) is 0 Å². The molecule has 0 bridgehead atoms. The fourth-order valence-corrected chi connectivity index (χ4v) is 2.14. The molecule has 1 N–H and O–H groups in total. The second-order valence-electron chi connectivity index (χ2n) is 5.70. The second kappa shape index (κ2) is 17.7. The van der Waals surface area contributed by atoms with Gasteiger partial charge in [-0.3, -0.25) is 4.79 Å². The standard InChI is InChI=1S/C20H34O2/c1-2-3-4-5-6-7-8-9-10-11-12-13-14-15-16-17-18-19-20(21)22/h6-7,11-12,15-16H,2-5,8-10,13-14,17-19H2,1H3,(H,21,22)/b7-6-,12-11+,16-15-. The first-order chi connectivity index (χ1) is 10.8. The number of hydrogen-bond donors (Lipinski definition) is 1. The van der Waals surface area contributed by atoms with Crippen molar-refractivity contribution >= 4 is 5.97 Å². The minimum Gasteiger partial charge on any atom is -0.481 e. The van der Waals surface area contributed by atoms with E-state index in [1.165, 1.54) is 44.9 Å². The Balaban J connectivity index is 3.27. The number of unbranched alkanes of at least 4 members (excludes halogenated alkanes) is 7. The van der Waals surface area contributed by atoms with Crippen LogP contribution >= 0.6 is 0 Å². The van der Waals surface area contributed by atoms with Crippen LogP contribution in [-0.2, 0) is 4.79 Å². The lowest BCUT2D eigenvalue weighted by molar-refractivity contribution is -0.137. The summed E-state index contributed by atoms with van der Waals surface area (Å²) >= 11 is 0. The molecule has 0 rings (SSSR count). The number of aliphatic carboxylic acids is 1. The third-order valence-electron chi connectivity index (χ3n) is 3.48. The maximum Gasteiger partial charge on any atom is 0.303 e. The molecule has 0 radical (unpaired) electrons.